The van der Waals surface area contributed by atoms with Gasteiger partial charge in [-0.2, -0.15) is 0 Å². The number of carbonyl (C=O) groups excluding carboxylic acids is 1. The minimum absolute atomic E-state index is 0.430. The predicted molar refractivity (Wildman–Crippen MR) is 107 cm³/mol. The van der Waals surface area contributed by atoms with Crippen LogP contribution in [0.2, 0.25) is 0 Å². The molecule has 0 radical (unpaired) electrons. The summed E-state index contributed by atoms with van der Waals surface area (Å²) in [5.41, 5.74) is 0.626. The van der Waals surface area contributed by atoms with Crippen molar-refractivity contribution in [3.05, 3.63) is 23.8 Å². The molecular formula is C19H32N4O4. The van der Waals surface area contributed by atoms with Crippen LogP contribution in [-0.4, -0.2) is 58.6 Å². The molecule has 0 saturated carbocycles. The zero-order chi connectivity index (χ0) is 20.3. The lowest BCUT2D eigenvalue weighted by Crippen LogP contribution is -2.42. The summed E-state index contributed by atoms with van der Waals surface area (Å²) >= 11 is 0. The summed E-state index contributed by atoms with van der Waals surface area (Å²) in [6.07, 6.45) is 0.373. The summed E-state index contributed by atoms with van der Waals surface area (Å²) in [5.74, 6) is 2.09. The molecule has 1 amide bonds. The Morgan fingerprint density at radius 3 is 2.22 bits per heavy atom. The zero-order valence-electron chi connectivity index (χ0n) is 17.1. The number of amides is 1. The van der Waals surface area contributed by atoms with Gasteiger partial charge < -0.3 is 30.2 Å². The first-order chi connectivity index (χ1) is 12.8. The lowest BCUT2D eigenvalue weighted by molar-refractivity contribution is 0.0529. The molecule has 8 nitrogen and oxygen atoms in total. The largest absolute Gasteiger partial charge is 0.493 e. The highest BCUT2D eigenvalue weighted by molar-refractivity contribution is 5.79. The van der Waals surface area contributed by atoms with E-state index >= 15 is 0 Å². The van der Waals surface area contributed by atoms with Gasteiger partial charge in [0, 0.05) is 26.7 Å². The molecule has 152 valence electrons. The topological polar surface area (TPSA) is 93.2 Å². The molecule has 0 saturated heterocycles. The standard InChI is InChI=1S/C19H32N4O4/c1-19(2,3)27-18(24)23-12-11-22-17(20-4)21-10-9-14-7-8-15(25-5)16(13-14)26-6/h7-8,13H,9-12H2,1-6H3,(H,23,24)(H2,20,21,22). The van der Waals surface area contributed by atoms with Crippen LogP contribution in [0.3, 0.4) is 0 Å². The first-order valence-electron chi connectivity index (χ1n) is 8.91. The second-order valence-corrected chi connectivity index (χ2v) is 6.79. The monoisotopic (exact) mass is 380 g/mol. The maximum Gasteiger partial charge on any atom is 0.407 e. The molecule has 1 aromatic carbocycles. The van der Waals surface area contributed by atoms with E-state index in [1.165, 1.54) is 0 Å². The van der Waals surface area contributed by atoms with E-state index in [-0.39, 0.29) is 0 Å². The summed E-state index contributed by atoms with van der Waals surface area (Å²) < 4.78 is 15.7. The molecule has 0 atom stereocenters. The third-order valence-electron chi connectivity index (χ3n) is 3.46. The minimum atomic E-state index is -0.501. The van der Waals surface area contributed by atoms with Crippen LogP contribution in [0.4, 0.5) is 4.79 Å². The number of rotatable bonds is 8. The van der Waals surface area contributed by atoms with Crippen molar-refractivity contribution in [1.29, 1.82) is 0 Å². The van der Waals surface area contributed by atoms with Crippen molar-refractivity contribution in [2.75, 3.05) is 40.9 Å². The van der Waals surface area contributed by atoms with Gasteiger partial charge in [-0.25, -0.2) is 4.79 Å². The van der Waals surface area contributed by atoms with Crippen LogP contribution >= 0.6 is 0 Å². The van der Waals surface area contributed by atoms with Gasteiger partial charge in [0.25, 0.3) is 0 Å². The Hall–Kier alpha value is -2.64. The van der Waals surface area contributed by atoms with Crippen LogP contribution in [0, 0.1) is 0 Å². The molecule has 1 rings (SSSR count). The number of aliphatic imine (C=N–C) groups is 1. The van der Waals surface area contributed by atoms with Crippen LogP contribution < -0.4 is 25.4 Å². The third kappa shape index (κ3) is 9.03. The van der Waals surface area contributed by atoms with E-state index in [2.05, 4.69) is 20.9 Å². The zero-order valence-corrected chi connectivity index (χ0v) is 17.1. The fourth-order valence-electron chi connectivity index (χ4n) is 2.24. The average Bonchev–Trinajstić information content (AvgIpc) is 2.61. The molecular weight excluding hydrogens is 348 g/mol. The molecule has 3 N–H and O–H groups in total. The number of guanidine groups is 1. The molecule has 0 aliphatic rings. The second-order valence-electron chi connectivity index (χ2n) is 6.79. The number of alkyl carbamates (subject to hydrolysis) is 1. The van der Waals surface area contributed by atoms with Crippen molar-refractivity contribution in [2.45, 2.75) is 32.8 Å². The minimum Gasteiger partial charge on any atom is -0.493 e. The SMILES string of the molecule is CN=C(NCCNC(=O)OC(C)(C)C)NCCc1ccc(OC)c(OC)c1. The summed E-state index contributed by atoms with van der Waals surface area (Å²) in [4.78, 5) is 15.7. The van der Waals surface area contributed by atoms with Crippen molar-refractivity contribution >= 4 is 12.1 Å². The molecule has 0 unspecified atom stereocenters. The van der Waals surface area contributed by atoms with Crippen LogP contribution in [0.5, 0.6) is 11.5 Å². The van der Waals surface area contributed by atoms with Gasteiger partial charge in [-0.15, -0.1) is 0 Å². The van der Waals surface area contributed by atoms with Crippen molar-refractivity contribution in [2.24, 2.45) is 4.99 Å². The van der Waals surface area contributed by atoms with E-state index in [0.717, 1.165) is 12.0 Å². The Labute approximate surface area is 161 Å². The van der Waals surface area contributed by atoms with E-state index in [9.17, 15) is 4.79 Å². The van der Waals surface area contributed by atoms with Gasteiger partial charge in [0.1, 0.15) is 5.60 Å². The molecule has 0 aliphatic heterocycles. The maximum absolute atomic E-state index is 11.6. The van der Waals surface area contributed by atoms with Crippen molar-refractivity contribution in [1.82, 2.24) is 16.0 Å². The molecule has 0 fully saturated rings. The van der Waals surface area contributed by atoms with Gasteiger partial charge in [-0.1, -0.05) is 6.07 Å². The van der Waals surface area contributed by atoms with E-state index < -0.39 is 11.7 Å². The first kappa shape index (κ1) is 22.4. The van der Waals surface area contributed by atoms with Crippen molar-refractivity contribution in [3.63, 3.8) is 0 Å². The number of ether oxygens (including phenoxy) is 3. The molecule has 27 heavy (non-hydrogen) atoms. The maximum atomic E-state index is 11.6. The van der Waals surface area contributed by atoms with Gasteiger partial charge in [0.05, 0.1) is 14.2 Å². The van der Waals surface area contributed by atoms with Gasteiger partial charge in [0.15, 0.2) is 17.5 Å². The molecule has 0 spiro atoms. The lowest BCUT2D eigenvalue weighted by Gasteiger charge is -2.20. The summed E-state index contributed by atoms with van der Waals surface area (Å²) in [5, 5.41) is 9.06. The van der Waals surface area contributed by atoms with E-state index in [0.29, 0.717) is 37.1 Å². The second kappa shape index (κ2) is 11.2. The highest BCUT2D eigenvalue weighted by Crippen LogP contribution is 2.27. The van der Waals surface area contributed by atoms with Crippen LogP contribution in [0.25, 0.3) is 0 Å². The molecule has 0 bridgehead atoms. The van der Waals surface area contributed by atoms with E-state index in [1.54, 1.807) is 21.3 Å². The van der Waals surface area contributed by atoms with E-state index in [1.807, 2.05) is 39.0 Å². The number of nitrogens with one attached hydrogen (secondary N) is 3. The average molecular weight is 380 g/mol. The summed E-state index contributed by atoms with van der Waals surface area (Å²) in [7, 11) is 4.94. The van der Waals surface area contributed by atoms with Gasteiger partial charge in [0.2, 0.25) is 0 Å². The highest BCUT2D eigenvalue weighted by atomic mass is 16.6. The number of carbonyl (C=O) groups is 1. The Morgan fingerprint density at radius 1 is 1.00 bits per heavy atom. The van der Waals surface area contributed by atoms with Crippen molar-refractivity contribution < 1.29 is 19.0 Å². The molecule has 1 aromatic rings. The predicted octanol–water partition coefficient (Wildman–Crippen LogP) is 1.94. The number of methoxy groups -OCH3 is 2. The molecule has 0 aromatic heterocycles. The molecule has 0 aliphatic carbocycles. The Morgan fingerprint density at radius 2 is 1.63 bits per heavy atom. The fourth-order valence-corrected chi connectivity index (χ4v) is 2.24. The van der Waals surface area contributed by atoms with E-state index in [4.69, 9.17) is 14.2 Å². The van der Waals surface area contributed by atoms with Crippen LogP contribution in [-0.2, 0) is 11.2 Å². The summed E-state index contributed by atoms with van der Waals surface area (Å²) in [6, 6.07) is 5.86. The highest BCUT2D eigenvalue weighted by Gasteiger charge is 2.15. The Balaban J connectivity index is 2.32. The number of hydrogen-bond donors (Lipinski definition) is 3. The first-order valence-corrected chi connectivity index (χ1v) is 8.91. The van der Waals surface area contributed by atoms with Crippen LogP contribution in [0.15, 0.2) is 23.2 Å². The van der Waals surface area contributed by atoms with Gasteiger partial charge >= 0.3 is 6.09 Å². The summed E-state index contributed by atoms with van der Waals surface area (Å²) in [6.45, 7) is 7.16. The number of hydrogen-bond acceptors (Lipinski definition) is 5. The lowest BCUT2D eigenvalue weighted by atomic mass is 10.1. The van der Waals surface area contributed by atoms with Gasteiger partial charge in [-0.05, 0) is 44.9 Å². The molecule has 8 heteroatoms. The third-order valence-corrected chi connectivity index (χ3v) is 3.46. The number of nitrogens with zero attached hydrogens (tertiary/aromatic N) is 1. The normalized spacial score (nSPS) is 11.6. The van der Waals surface area contributed by atoms with Crippen LogP contribution in [0.1, 0.15) is 26.3 Å². The number of benzene rings is 1. The van der Waals surface area contributed by atoms with Gasteiger partial charge in [-0.3, -0.25) is 4.99 Å². The quantitative estimate of drug-likeness (QED) is 0.363. The fraction of sp³-hybridized carbons (Fsp3) is 0.579. The molecule has 0 heterocycles. The Bertz CT molecular complexity index is 627. The Kier molecular flexibility index (Phi) is 9.25. The van der Waals surface area contributed by atoms with Crippen molar-refractivity contribution in [3.8, 4) is 11.5 Å². The smallest absolute Gasteiger partial charge is 0.407 e.